The average molecular weight is 677 g/mol. The maximum Gasteiger partial charge on any atom is 0.305 e. The van der Waals surface area contributed by atoms with Crippen LogP contribution in [-0.2, 0) is 23.9 Å². The molecule has 1 N–H and O–H groups in total. The van der Waals surface area contributed by atoms with Crippen molar-refractivity contribution >= 4 is 17.7 Å². The van der Waals surface area contributed by atoms with Crippen LogP contribution in [0, 0.1) is 5.92 Å². The van der Waals surface area contributed by atoms with Gasteiger partial charge >= 0.3 is 11.9 Å². The maximum absolute atomic E-state index is 12.0. The number of rotatable bonds is 36. The van der Waals surface area contributed by atoms with Crippen LogP contribution < -0.4 is 0 Å². The van der Waals surface area contributed by atoms with Gasteiger partial charge in [0.1, 0.15) is 19.3 Å². The fourth-order valence-corrected chi connectivity index (χ4v) is 5.69. The van der Waals surface area contributed by atoms with Crippen LogP contribution >= 0.6 is 0 Å². The maximum atomic E-state index is 12.0. The van der Waals surface area contributed by atoms with Crippen LogP contribution in [0.5, 0.6) is 0 Å². The van der Waals surface area contributed by atoms with Crippen molar-refractivity contribution in [2.24, 2.45) is 5.92 Å². The molecule has 0 saturated carbocycles. The van der Waals surface area contributed by atoms with E-state index in [2.05, 4.69) is 26.8 Å². The number of carbonyl (C=O) groups is 3. The molecule has 0 saturated heterocycles. The number of hydrogen-bond donors (Lipinski definition) is 1. The summed E-state index contributed by atoms with van der Waals surface area (Å²) in [6.07, 6.45) is 37.8. The topological polar surface area (TPSA) is 89.9 Å². The van der Waals surface area contributed by atoms with Crippen molar-refractivity contribution in [2.75, 3.05) is 13.2 Å². The molecular formula is C42H76O6. The summed E-state index contributed by atoms with van der Waals surface area (Å²) in [6.45, 7) is 6.51. The van der Waals surface area contributed by atoms with Crippen molar-refractivity contribution in [3.05, 3.63) is 24.3 Å². The SMILES string of the molecule is CCCCCC(=O)/C=C/C=C\CCCCCCCC(=O)OC[C@H](O)COC(=O)CCCCCCCCCCCCCCCCC(C)CC. The summed E-state index contributed by atoms with van der Waals surface area (Å²) in [5.41, 5.74) is 0. The minimum Gasteiger partial charge on any atom is -0.463 e. The summed E-state index contributed by atoms with van der Waals surface area (Å²) in [5, 5.41) is 10.0. The van der Waals surface area contributed by atoms with Crippen molar-refractivity contribution in [3.63, 3.8) is 0 Å². The Morgan fingerprint density at radius 2 is 1.00 bits per heavy atom. The summed E-state index contributed by atoms with van der Waals surface area (Å²) in [6, 6.07) is 0. The quantitative estimate of drug-likeness (QED) is 0.0307. The predicted molar refractivity (Wildman–Crippen MR) is 201 cm³/mol. The van der Waals surface area contributed by atoms with Crippen LogP contribution in [0.1, 0.15) is 201 Å². The lowest BCUT2D eigenvalue weighted by Crippen LogP contribution is -2.25. The van der Waals surface area contributed by atoms with E-state index in [0.29, 0.717) is 19.3 Å². The van der Waals surface area contributed by atoms with Gasteiger partial charge in [-0.25, -0.2) is 0 Å². The Morgan fingerprint density at radius 3 is 1.48 bits per heavy atom. The first kappa shape index (κ1) is 46.0. The van der Waals surface area contributed by atoms with Crippen molar-refractivity contribution in [1.82, 2.24) is 0 Å². The third-order valence-electron chi connectivity index (χ3n) is 9.21. The van der Waals surface area contributed by atoms with Gasteiger partial charge in [0.15, 0.2) is 5.78 Å². The molecule has 6 nitrogen and oxygen atoms in total. The highest BCUT2D eigenvalue weighted by Gasteiger charge is 2.12. The smallest absolute Gasteiger partial charge is 0.305 e. The molecule has 0 rings (SSSR count). The molecule has 0 spiro atoms. The minimum absolute atomic E-state index is 0.135. The Bertz CT molecular complexity index is 804. The Morgan fingerprint density at radius 1 is 0.562 bits per heavy atom. The Hall–Kier alpha value is -1.95. The summed E-state index contributed by atoms with van der Waals surface area (Å²) in [5.74, 6) is 0.479. The lowest BCUT2D eigenvalue weighted by molar-refractivity contribution is -0.152. The van der Waals surface area contributed by atoms with Gasteiger partial charge in [-0.3, -0.25) is 14.4 Å². The predicted octanol–water partition coefficient (Wildman–Crippen LogP) is 11.7. The van der Waals surface area contributed by atoms with Crippen LogP contribution in [0.4, 0.5) is 0 Å². The van der Waals surface area contributed by atoms with Crippen molar-refractivity contribution in [3.8, 4) is 0 Å². The van der Waals surface area contributed by atoms with E-state index in [1.165, 1.54) is 83.5 Å². The molecule has 0 radical (unpaired) electrons. The molecule has 2 atom stereocenters. The van der Waals surface area contributed by atoms with Crippen molar-refractivity contribution < 1.29 is 29.0 Å². The summed E-state index contributed by atoms with van der Waals surface area (Å²) < 4.78 is 10.3. The molecule has 0 bridgehead atoms. The number of esters is 2. The van der Waals surface area contributed by atoms with E-state index in [0.717, 1.165) is 83.0 Å². The van der Waals surface area contributed by atoms with Gasteiger partial charge in [-0.05, 0) is 44.1 Å². The van der Waals surface area contributed by atoms with E-state index < -0.39 is 6.10 Å². The van der Waals surface area contributed by atoms with E-state index in [9.17, 15) is 19.5 Å². The highest BCUT2D eigenvalue weighted by molar-refractivity contribution is 5.89. The number of unbranched alkanes of at least 4 members (excludes halogenated alkanes) is 20. The van der Waals surface area contributed by atoms with Crippen molar-refractivity contribution in [2.45, 2.75) is 207 Å². The van der Waals surface area contributed by atoms with Crippen LogP contribution in [0.25, 0.3) is 0 Å². The van der Waals surface area contributed by atoms with Crippen LogP contribution in [0.2, 0.25) is 0 Å². The van der Waals surface area contributed by atoms with Crippen LogP contribution in [-0.4, -0.2) is 42.1 Å². The molecule has 6 heteroatoms. The first-order valence-electron chi connectivity index (χ1n) is 20.2. The fourth-order valence-electron chi connectivity index (χ4n) is 5.69. The number of aliphatic hydroxyl groups excluding tert-OH is 1. The van der Waals surface area contributed by atoms with Crippen molar-refractivity contribution in [1.29, 1.82) is 0 Å². The van der Waals surface area contributed by atoms with E-state index in [1.807, 2.05) is 12.2 Å². The highest BCUT2D eigenvalue weighted by atomic mass is 16.6. The number of aliphatic hydroxyl groups is 1. The first-order chi connectivity index (χ1) is 23.4. The molecule has 0 fully saturated rings. The van der Waals surface area contributed by atoms with Gasteiger partial charge in [-0.1, -0.05) is 167 Å². The average Bonchev–Trinajstić information content (AvgIpc) is 3.08. The molecule has 0 aliphatic carbocycles. The van der Waals surface area contributed by atoms with Gasteiger partial charge in [0.25, 0.3) is 0 Å². The molecule has 1 unspecified atom stereocenters. The molecule has 0 aromatic carbocycles. The molecule has 0 aromatic heterocycles. The molecule has 0 amide bonds. The normalized spacial score (nSPS) is 12.9. The van der Waals surface area contributed by atoms with E-state index in [1.54, 1.807) is 6.08 Å². The Kier molecular flexibility index (Phi) is 34.9. The van der Waals surface area contributed by atoms with E-state index >= 15 is 0 Å². The first-order valence-corrected chi connectivity index (χ1v) is 20.2. The zero-order valence-corrected chi connectivity index (χ0v) is 31.7. The molecule has 0 aromatic rings. The molecule has 280 valence electrons. The monoisotopic (exact) mass is 677 g/mol. The van der Waals surface area contributed by atoms with Gasteiger partial charge in [-0.2, -0.15) is 0 Å². The van der Waals surface area contributed by atoms with Gasteiger partial charge in [-0.15, -0.1) is 0 Å². The van der Waals surface area contributed by atoms with Gasteiger partial charge in [0, 0.05) is 19.3 Å². The summed E-state index contributed by atoms with van der Waals surface area (Å²) in [4.78, 5) is 35.6. The standard InChI is InChI=1S/C42H76O6/c1-4-6-26-32-39(43)33-28-23-19-15-13-17-21-25-30-35-42(46)48-37-40(44)36-47-41(45)34-29-24-20-16-12-10-8-7-9-11-14-18-22-27-31-38(3)5-2/h19,23,28,33,38,40,44H,4-18,20-22,24-27,29-32,34-37H2,1-3H3/b23-19-,33-28+/t38?,40-/m1/s1. The van der Waals surface area contributed by atoms with Gasteiger partial charge in [0.2, 0.25) is 0 Å². The third-order valence-corrected chi connectivity index (χ3v) is 9.21. The second-order valence-corrected chi connectivity index (χ2v) is 14.0. The van der Waals surface area contributed by atoms with E-state index in [4.69, 9.17) is 9.47 Å². The summed E-state index contributed by atoms with van der Waals surface area (Å²) >= 11 is 0. The molecule has 0 aliphatic rings. The summed E-state index contributed by atoms with van der Waals surface area (Å²) in [7, 11) is 0. The van der Waals surface area contributed by atoms with E-state index in [-0.39, 0.29) is 30.9 Å². The molecule has 0 heterocycles. The number of allylic oxidation sites excluding steroid dienone is 4. The number of ether oxygens (including phenoxy) is 2. The Labute approximate surface area is 296 Å². The zero-order valence-electron chi connectivity index (χ0n) is 31.7. The molecule has 48 heavy (non-hydrogen) atoms. The lowest BCUT2D eigenvalue weighted by atomic mass is 9.99. The molecular weight excluding hydrogens is 600 g/mol. The van der Waals surface area contributed by atoms with Gasteiger partial charge in [0.05, 0.1) is 0 Å². The fraction of sp³-hybridized carbons (Fsp3) is 0.833. The van der Waals surface area contributed by atoms with Crippen LogP contribution in [0.3, 0.4) is 0 Å². The largest absolute Gasteiger partial charge is 0.463 e. The second kappa shape index (κ2) is 36.3. The number of ketones is 1. The van der Waals surface area contributed by atoms with Crippen LogP contribution in [0.15, 0.2) is 24.3 Å². The third kappa shape index (κ3) is 35.4. The zero-order chi connectivity index (χ0) is 35.3. The van der Waals surface area contributed by atoms with Gasteiger partial charge < -0.3 is 14.6 Å². The molecule has 0 aliphatic heterocycles. The second-order valence-electron chi connectivity index (χ2n) is 14.0. The number of hydrogen-bond acceptors (Lipinski definition) is 6. The minimum atomic E-state index is -0.987. The Balaban J connectivity index is 3.48. The highest BCUT2D eigenvalue weighted by Crippen LogP contribution is 2.16. The lowest BCUT2D eigenvalue weighted by Gasteiger charge is -2.12. The number of carbonyl (C=O) groups excluding carboxylic acids is 3.